The maximum absolute atomic E-state index is 12.6. The van der Waals surface area contributed by atoms with Gasteiger partial charge in [-0.2, -0.15) is 8.76 Å². The summed E-state index contributed by atoms with van der Waals surface area (Å²) in [6, 6.07) is 2.30. The van der Waals surface area contributed by atoms with Gasteiger partial charge >= 0.3 is 5.97 Å². The summed E-state index contributed by atoms with van der Waals surface area (Å²) < 4.78 is 16.5. The first-order valence-electron chi connectivity index (χ1n) is 5.11. The Balaban J connectivity index is 2.24. The normalized spacial score (nSPS) is 10.2. The topological polar surface area (TPSA) is 92.2 Å². The fourth-order valence-corrected chi connectivity index (χ4v) is 2.18. The van der Waals surface area contributed by atoms with Crippen LogP contribution in [0, 0.1) is 12.9 Å². The Hall–Kier alpha value is -2.35. The van der Waals surface area contributed by atoms with Crippen LogP contribution in [-0.2, 0) is 0 Å². The third-order valence-corrected chi connectivity index (χ3v) is 3.15. The lowest BCUT2D eigenvalue weighted by molar-refractivity contribution is 0.0697. The SMILES string of the molecule is Cc1nsc(NC(=O)c2ccc(F)nc2)c1C(=O)O. The van der Waals surface area contributed by atoms with Gasteiger partial charge in [0.25, 0.3) is 5.91 Å². The molecule has 0 radical (unpaired) electrons. The van der Waals surface area contributed by atoms with Gasteiger partial charge in [0.2, 0.25) is 5.95 Å². The van der Waals surface area contributed by atoms with E-state index in [1.54, 1.807) is 0 Å². The van der Waals surface area contributed by atoms with E-state index in [0.29, 0.717) is 5.69 Å². The number of nitrogens with zero attached hydrogens (tertiary/aromatic N) is 2. The fraction of sp³-hybridized carbons (Fsp3) is 0.0909. The molecular formula is C11H8FN3O3S. The van der Waals surface area contributed by atoms with Gasteiger partial charge in [-0.1, -0.05) is 0 Å². The standard InChI is InChI=1S/C11H8FN3O3S/c1-5-8(11(17)18)10(19-15-5)14-9(16)6-2-3-7(12)13-4-6/h2-4H,1H3,(H,14,16)(H,17,18). The Morgan fingerprint density at radius 1 is 1.42 bits per heavy atom. The maximum Gasteiger partial charge on any atom is 0.340 e. The van der Waals surface area contributed by atoms with Crippen LogP contribution in [0.5, 0.6) is 0 Å². The average Bonchev–Trinajstić information content (AvgIpc) is 2.71. The van der Waals surface area contributed by atoms with Crippen molar-refractivity contribution in [2.75, 3.05) is 5.32 Å². The summed E-state index contributed by atoms with van der Waals surface area (Å²) in [7, 11) is 0. The molecule has 0 aliphatic heterocycles. The number of halogens is 1. The number of rotatable bonds is 3. The first kappa shape index (κ1) is 13.1. The Kier molecular flexibility index (Phi) is 3.52. The number of aryl methyl sites for hydroxylation is 1. The van der Waals surface area contributed by atoms with E-state index in [1.165, 1.54) is 13.0 Å². The second-order valence-electron chi connectivity index (χ2n) is 3.60. The number of nitrogens with one attached hydrogen (secondary N) is 1. The molecule has 0 aliphatic rings. The molecule has 2 heterocycles. The first-order chi connectivity index (χ1) is 8.99. The molecule has 0 bridgehead atoms. The average molecular weight is 281 g/mol. The number of carboxylic acid groups (broad SMARTS) is 1. The van der Waals surface area contributed by atoms with Gasteiger partial charge in [0.05, 0.1) is 11.3 Å². The van der Waals surface area contributed by atoms with Crippen LogP contribution in [0.25, 0.3) is 0 Å². The van der Waals surface area contributed by atoms with Crippen LogP contribution < -0.4 is 5.32 Å². The number of carbonyl (C=O) groups excluding carboxylic acids is 1. The zero-order chi connectivity index (χ0) is 14.0. The van der Waals surface area contributed by atoms with Gasteiger partial charge in [-0.15, -0.1) is 0 Å². The predicted octanol–water partition coefficient (Wildman–Crippen LogP) is 1.94. The molecule has 6 nitrogen and oxygen atoms in total. The number of carbonyl (C=O) groups is 2. The van der Waals surface area contributed by atoms with Crippen molar-refractivity contribution in [3.8, 4) is 0 Å². The molecule has 0 aliphatic carbocycles. The molecule has 0 unspecified atom stereocenters. The highest BCUT2D eigenvalue weighted by atomic mass is 32.1. The smallest absolute Gasteiger partial charge is 0.340 e. The van der Waals surface area contributed by atoms with E-state index in [0.717, 1.165) is 23.8 Å². The monoisotopic (exact) mass is 281 g/mol. The number of pyridine rings is 1. The lowest BCUT2D eigenvalue weighted by Crippen LogP contribution is -2.14. The zero-order valence-corrected chi connectivity index (χ0v) is 10.5. The lowest BCUT2D eigenvalue weighted by atomic mass is 10.2. The Morgan fingerprint density at radius 3 is 2.74 bits per heavy atom. The first-order valence-corrected chi connectivity index (χ1v) is 5.89. The Labute approximate surface area is 111 Å². The largest absolute Gasteiger partial charge is 0.478 e. The number of aromatic carboxylic acids is 1. The maximum atomic E-state index is 12.6. The Bertz CT molecular complexity index is 639. The van der Waals surface area contributed by atoms with Gasteiger partial charge in [0.15, 0.2) is 0 Å². The Morgan fingerprint density at radius 2 is 2.16 bits per heavy atom. The van der Waals surface area contributed by atoms with E-state index >= 15 is 0 Å². The van der Waals surface area contributed by atoms with Crippen molar-refractivity contribution in [3.63, 3.8) is 0 Å². The number of hydrogen-bond acceptors (Lipinski definition) is 5. The number of anilines is 1. The molecule has 0 aromatic carbocycles. The van der Waals surface area contributed by atoms with Crippen LogP contribution in [0.2, 0.25) is 0 Å². The van der Waals surface area contributed by atoms with Gasteiger partial charge in [-0.3, -0.25) is 4.79 Å². The number of aromatic nitrogens is 2. The second kappa shape index (κ2) is 5.11. The van der Waals surface area contributed by atoms with Crippen molar-refractivity contribution in [2.24, 2.45) is 0 Å². The molecule has 2 rings (SSSR count). The number of amides is 1. The summed E-state index contributed by atoms with van der Waals surface area (Å²) in [6.45, 7) is 1.54. The third-order valence-electron chi connectivity index (χ3n) is 2.29. The molecule has 1 amide bonds. The lowest BCUT2D eigenvalue weighted by Gasteiger charge is -2.03. The van der Waals surface area contributed by atoms with Crippen molar-refractivity contribution in [1.29, 1.82) is 0 Å². The van der Waals surface area contributed by atoms with Crippen molar-refractivity contribution < 1.29 is 19.1 Å². The molecule has 2 aromatic rings. The molecule has 2 aromatic heterocycles. The molecule has 0 atom stereocenters. The van der Waals surface area contributed by atoms with E-state index in [9.17, 15) is 14.0 Å². The van der Waals surface area contributed by atoms with Crippen molar-refractivity contribution >= 4 is 28.4 Å². The minimum atomic E-state index is -1.17. The molecule has 8 heteroatoms. The van der Waals surface area contributed by atoms with Crippen molar-refractivity contribution in [3.05, 3.63) is 41.1 Å². The quantitative estimate of drug-likeness (QED) is 0.839. The summed E-state index contributed by atoms with van der Waals surface area (Å²) in [5.41, 5.74) is 0.405. The molecule has 2 N–H and O–H groups in total. The minimum Gasteiger partial charge on any atom is -0.478 e. The van der Waals surface area contributed by atoms with Crippen LogP contribution in [0.3, 0.4) is 0 Å². The highest BCUT2D eigenvalue weighted by Gasteiger charge is 2.19. The zero-order valence-electron chi connectivity index (χ0n) is 9.68. The van der Waals surface area contributed by atoms with Crippen LogP contribution in [0.15, 0.2) is 18.3 Å². The highest BCUT2D eigenvalue weighted by molar-refractivity contribution is 7.11. The van der Waals surface area contributed by atoms with Crippen LogP contribution in [0.4, 0.5) is 9.39 Å². The van der Waals surface area contributed by atoms with Crippen molar-refractivity contribution in [2.45, 2.75) is 6.92 Å². The highest BCUT2D eigenvalue weighted by Crippen LogP contribution is 2.24. The summed E-state index contributed by atoms with van der Waals surface area (Å²) in [4.78, 5) is 26.2. The molecule has 19 heavy (non-hydrogen) atoms. The van der Waals surface area contributed by atoms with E-state index in [-0.39, 0.29) is 16.1 Å². The fourth-order valence-electron chi connectivity index (χ4n) is 1.39. The third kappa shape index (κ3) is 2.74. The molecular weight excluding hydrogens is 273 g/mol. The van der Waals surface area contributed by atoms with Gasteiger partial charge in [-0.05, 0) is 30.6 Å². The molecule has 0 spiro atoms. The molecule has 0 saturated heterocycles. The van der Waals surface area contributed by atoms with Crippen LogP contribution in [-0.4, -0.2) is 26.3 Å². The van der Waals surface area contributed by atoms with Crippen LogP contribution in [0.1, 0.15) is 26.4 Å². The summed E-state index contributed by atoms with van der Waals surface area (Å²) in [5.74, 6) is -2.44. The summed E-state index contributed by atoms with van der Waals surface area (Å²) >= 11 is 0.873. The van der Waals surface area contributed by atoms with E-state index in [4.69, 9.17) is 5.11 Å². The second-order valence-corrected chi connectivity index (χ2v) is 4.37. The number of hydrogen-bond donors (Lipinski definition) is 2. The van der Waals surface area contributed by atoms with E-state index < -0.39 is 17.8 Å². The van der Waals surface area contributed by atoms with Gasteiger partial charge < -0.3 is 10.4 Å². The minimum absolute atomic E-state index is 0.0478. The van der Waals surface area contributed by atoms with E-state index in [1.807, 2.05) is 0 Å². The summed E-state index contributed by atoms with van der Waals surface area (Å²) in [6.07, 6.45) is 1.07. The molecule has 98 valence electrons. The van der Waals surface area contributed by atoms with Crippen LogP contribution >= 0.6 is 11.5 Å². The van der Waals surface area contributed by atoms with E-state index in [2.05, 4.69) is 14.7 Å². The van der Waals surface area contributed by atoms with Gasteiger partial charge in [0.1, 0.15) is 10.6 Å². The summed E-state index contributed by atoms with van der Waals surface area (Å²) in [5, 5.41) is 11.6. The van der Waals surface area contributed by atoms with Gasteiger partial charge in [0, 0.05) is 6.20 Å². The van der Waals surface area contributed by atoms with Gasteiger partial charge in [-0.25, -0.2) is 9.78 Å². The predicted molar refractivity (Wildman–Crippen MR) is 66.0 cm³/mol. The van der Waals surface area contributed by atoms with Crippen molar-refractivity contribution in [1.82, 2.24) is 9.36 Å². The number of carboxylic acids is 1. The molecule has 0 fully saturated rings. The molecule has 0 saturated carbocycles.